The molecule has 11 nitrogen and oxygen atoms in total. The fourth-order valence-electron chi connectivity index (χ4n) is 7.91. The molecule has 5 rings (SSSR count). The number of fused-ring (bicyclic) bond motifs is 1. The van der Waals surface area contributed by atoms with E-state index >= 15 is 0 Å². The summed E-state index contributed by atoms with van der Waals surface area (Å²) in [6.07, 6.45) is 4.24. The zero-order chi connectivity index (χ0) is 36.0. The predicted molar refractivity (Wildman–Crippen MR) is 191 cm³/mol. The van der Waals surface area contributed by atoms with Gasteiger partial charge < -0.3 is 34.6 Å². The highest BCUT2D eigenvalue weighted by atomic mass is 16.5. The molecule has 2 bridgehead atoms. The maximum atomic E-state index is 14.8. The summed E-state index contributed by atoms with van der Waals surface area (Å²) in [5.41, 5.74) is 1.15. The first kappa shape index (κ1) is 36.8. The van der Waals surface area contributed by atoms with Gasteiger partial charge in [0.2, 0.25) is 11.8 Å². The van der Waals surface area contributed by atoms with Gasteiger partial charge in [0, 0.05) is 37.4 Å². The van der Waals surface area contributed by atoms with E-state index in [1.165, 1.54) is 4.90 Å². The molecule has 7 atom stereocenters. The zero-order valence-electron chi connectivity index (χ0n) is 29.3. The fraction of sp³-hybridized carbons (Fsp3) is 0.487. The second-order valence-corrected chi connectivity index (χ2v) is 13.2. The topological polar surface area (TPSA) is 129 Å². The average Bonchev–Trinajstić information content (AvgIpc) is 3.79. The third-order valence-corrected chi connectivity index (χ3v) is 10.4. The van der Waals surface area contributed by atoms with Crippen molar-refractivity contribution in [1.82, 2.24) is 10.2 Å². The van der Waals surface area contributed by atoms with Crippen LogP contribution < -0.4 is 15.1 Å². The molecule has 2 aromatic carbocycles. The number of allylic oxidation sites excluding steroid dienone is 1. The molecule has 2 aromatic rings. The Morgan fingerprint density at radius 3 is 2.38 bits per heavy atom. The van der Waals surface area contributed by atoms with Gasteiger partial charge in [0.05, 0.1) is 36.6 Å². The van der Waals surface area contributed by atoms with Crippen molar-refractivity contribution in [2.24, 2.45) is 11.8 Å². The van der Waals surface area contributed by atoms with Crippen LogP contribution in [0.4, 0.5) is 11.4 Å². The summed E-state index contributed by atoms with van der Waals surface area (Å²) in [4.78, 5) is 61.1. The number of ether oxygens (including phenoxy) is 2. The quantitative estimate of drug-likeness (QED) is 0.188. The van der Waals surface area contributed by atoms with E-state index in [0.717, 1.165) is 24.3 Å². The number of anilines is 2. The molecule has 0 radical (unpaired) electrons. The van der Waals surface area contributed by atoms with Crippen molar-refractivity contribution >= 4 is 35.1 Å². The lowest BCUT2D eigenvalue weighted by Gasteiger charge is -2.38. The van der Waals surface area contributed by atoms with Gasteiger partial charge in [-0.05, 0) is 69.9 Å². The van der Waals surface area contributed by atoms with Crippen LogP contribution in [0.2, 0.25) is 0 Å². The Bertz CT molecular complexity index is 1550. The molecule has 3 amide bonds. The van der Waals surface area contributed by atoms with E-state index < -0.39 is 59.5 Å². The van der Waals surface area contributed by atoms with Crippen LogP contribution in [-0.4, -0.2) is 90.3 Å². The van der Waals surface area contributed by atoms with E-state index in [1.807, 2.05) is 54.6 Å². The van der Waals surface area contributed by atoms with Crippen LogP contribution in [0.25, 0.3) is 0 Å². The molecule has 3 fully saturated rings. The highest BCUT2D eigenvalue weighted by Gasteiger charge is 2.75. The van der Waals surface area contributed by atoms with Crippen LogP contribution >= 0.6 is 0 Å². The minimum absolute atomic E-state index is 0.0912. The third kappa shape index (κ3) is 6.93. The Balaban J connectivity index is 1.45. The largest absolute Gasteiger partial charge is 0.463 e. The van der Waals surface area contributed by atoms with E-state index in [9.17, 15) is 24.3 Å². The van der Waals surface area contributed by atoms with Gasteiger partial charge in [-0.25, -0.2) is 0 Å². The Hall–Kier alpha value is -4.48. The first-order chi connectivity index (χ1) is 24.1. The van der Waals surface area contributed by atoms with Crippen LogP contribution in [-0.2, 0) is 28.7 Å². The lowest BCUT2D eigenvalue weighted by atomic mass is 9.70. The molecule has 2 N–H and O–H groups in total. The second kappa shape index (κ2) is 16.0. The predicted octanol–water partition coefficient (Wildman–Crippen LogP) is 4.17. The van der Waals surface area contributed by atoms with Crippen molar-refractivity contribution < 1.29 is 33.8 Å². The number of nitrogens with one attached hydrogen (secondary N) is 1. The number of carbonyl (C=O) groups is 4. The number of likely N-dealkylation sites (tertiary alicyclic amines) is 1. The average molecular weight is 687 g/mol. The molecular formula is C39H50N4O7. The molecule has 3 aliphatic rings. The third-order valence-electron chi connectivity index (χ3n) is 10.4. The van der Waals surface area contributed by atoms with Crippen LogP contribution in [0.15, 0.2) is 79.9 Å². The number of hydrogen-bond acceptors (Lipinski definition) is 8. The summed E-state index contributed by atoms with van der Waals surface area (Å²) < 4.78 is 12.2. The van der Waals surface area contributed by atoms with Crippen molar-refractivity contribution in [2.45, 2.75) is 76.3 Å². The lowest BCUT2D eigenvalue weighted by Crippen LogP contribution is -2.58. The Morgan fingerprint density at radius 1 is 1.08 bits per heavy atom. The molecule has 0 saturated carbocycles. The summed E-state index contributed by atoms with van der Waals surface area (Å²) in [6.45, 7) is 14.8. The molecule has 0 unspecified atom stereocenters. The van der Waals surface area contributed by atoms with Crippen molar-refractivity contribution in [3.63, 3.8) is 0 Å². The summed E-state index contributed by atoms with van der Waals surface area (Å²) in [7, 11) is 0. The van der Waals surface area contributed by atoms with Crippen molar-refractivity contribution in [3.05, 3.63) is 85.5 Å². The van der Waals surface area contributed by atoms with E-state index in [1.54, 1.807) is 24.0 Å². The van der Waals surface area contributed by atoms with E-state index in [0.29, 0.717) is 24.9 Å². The minimum Gasteiger partial charge on any atom is -0.463 e. The first-order valence-electron chi connectivity index (χ1n) is 17.7. The van der Waals surface area contributed by atoms with Gasteiger partial charge in [0.15, 0.2) is 0 Å². The van der Waals surface area contributed by atoms with E-state index in [4.69, 9.17) is 9.47 Å². The molecule has 11 heteroatoms. The number of benzene rings is 2. The number of esters is 1. The number of aliphatic hydroxyl groups excluding tert-OH is 1. The normalized spacial score (nSPS) is 24.6. The van der Waals surface area contributed by atoms with Crippen LogP contribution in [0.1, 0.15) is 58.1 Å². The summed E-state index contributed by atoms with van der Waals surface area (Å²) in [5, 5.41) is 13.3. The Morgan fingerprint density at radius 2 is 1.76 bits per heavy atom. The highest BCUT2D eigenvalue weighted by molar-refractivity contribution is 6.05. The lowest BCUT2D eigenvalue weighted by molar-refractivity contribution is -0.146. The van der Waals surface area contributed by atoms with Gasteiger partial charge >= 0.3 is 5.97 Å². The number of aliphatic hydroxyl groups is 1. The van der Waals surface area contributed by atoms with Gasteiger partial charge in [0.1, 0.15) is 18.2 Å². The molecule has 3 saturated heterocycles. The van der Waals surface area contributed by atoms with Gasteiger partial charge in [0.25, 0.3) is 5.91 Å². The standard InChI is InChI=1S/C39H50N4O7/c1-6-10-16-32(45)49-25-30(27-14-12-11-13-15-27)40-36(46)33-31-21-22-39(50-31)34(33)37(47)43(26(5)24-44)35(39)38(48)42(23-7-2)29-19-17-28(18-20-29)41(8-3)9-4/h6-7,11-15,17-20,26,30-31,33-35,44H,1-2,8-10,16,21-25H2,3-5H3,(H,40,46)/t26-,30+,31-,33+,34+,35-,39+/m1/s1. The van der Waals surface area contributed by atoms with Gasteiger partial charge in [-0.1, -0.05) is 42.5 Å². The van der Waals surface area contributed by atoms with E-state index in [2.05, 4.69) is 37.2 Å². The van der Waals surface area contributed by atoms with Crippen molar-refractivity contribution in [3.8, 4) is 0 Å². The smallest absolute Gasteiger partial charge is 0.306 e. The van der Waals surface area contributed by atoms with Gasteiger partial charge in [-0.15, -0.1) is 13.2 Å². The van der Waals surface area contributed by atoms with Gasteiger partial charge in [-0.2, -0.15) is 0 Å². The summed E-state index contributed by atoms with van der Waals surface area (Å²) >= 11 is 0. The number of carbonyl (C=O) groups excluding carboxylic acids is 4. The number of rotatable bonds is 17. The highest BCUT2D eigenvalue weighted by Crippen LogP contribution is 2.59. The molecular weight excluding hydrogens is 636 g/mol. The number of nitrogens with zero attached hydrogens (tertiary/aromatic N) is 3. The monoisotopic (exact) mass is 686 g/mol. The van der Waals surface area contributed by atoms with Crippen LogP contribution in [0.5, 0.6) is 0 Å². The Kier molecular flexibility index (Phi) is 11.8. The molecule has 0 aromatic heterocycles. The number of hydrogen-bond donors (Lipinski definition) is 2. The fourth-order valence-corrected chi connectivity index (χ4v) is 7.91. The zero-order valence-corrected chi connectivity index (χ0v) is 29.3. The number of amides is 3. The van der Waals surface area contributed by atoms with E-state index in [-0.39, 0.29) is 32.1 Å². The maximum absolute atomic E-state index is 14.8. The molecule has 50 heavy (non-hydrogen) atoms. The second-order valence-electron chi connectivity index (χ2n) is 13.2. The van der Waals surface area contributed by atoms with Gasteiger partial charge in [-0.3, -0.25) is 19.2 Å². The maximum Gasteiger partial charge on any atom is 0.306 e. The van der Waals surface area contributed by atoms with Crippen molar-refractivity contribution in [2.75, 3.05) is 42.6 Å². The molecule has 1 spiro atoms. The Labute approximate surface area is 294 Å². The first-order valence-corrected chi connectivity index (χ1v) is 17.7. The SMILES string of the molecule is C=CCCC(=O)OC[C@H](NC(=O)[C@@H]1[C@H]2C(=O)N([C@H](C)CO)[C@H](C(=O)N(CC=C)c3ccc(N(CC)CC)cc3)[C@]23CC[C@H]1O3)c1ccccc1. The molecule has 3 heterocycles. The minimum atomic E-state index is -1.26. The van der Waals surface area contributed by atoms with Crippen molar-refractivity contribution in [1.29, 1.82) is 0 Å². The van der Waals surface area contributed by atoms with Crippen LogP contribution in [0, 0.1) is 11.8 Å². The summed E-state index contributed by atoms with van der Waals surface area (Å²) in [6, 6.07) is 14.5. The summed E-state index contributed by atoms with van der Waals surface area (Å²) in [5.74, 6) is -3.39. The molecule has 3 aliphatic heterocycles. The molecule has 268 valence electrons. The van der Waals surface area contributed by atoms with Crippen LogP contribution in [0.3, 0.4) is 0 Å². The molecule has 0 aliphatic carbocycles.